The van der Waals surface area contributed by atoms with Crippen LogP contribution in [-0.2, 0) is 4.74 Å². The second-order valence-corrected chi connectivity index (χ2v) is 5.41. The molecule has 15 heavy (non-hydrogen) atoms. The zero-order valence-corrected chi connectivity index (χ0v) is 10.0. The molecular formula is C13H25NO. The Labute approximate surface area is 93.6 Å². The molecule has 2 nitrogen and oxygen atoms in total. The summed E-state index contributed by atoms with van der Waals surface area (Å²) in [6.45, 7) is 3.10. The second kappa shape index (κ2) is 4.84. The molecule has 3 unspecified atom stereocenters. The molecular weight excluding hydrogens is 186 g/mol. The van der Waals surface area contributed by atoms with Gasteiger partial charge in [-0.15, -0.1) is 0 Å². The number of fused-ring (bicyclic) bond motifs is 2. The van der Waals surface area contributed by atoms with E-state index in [4.69, 9.17) is 10.5 Å². The van der Waals surface area contributed by atoms with Crippen LogP contribution in [0.25, 0.3) is 0 Å². The summed E-state index contributed by atoms with van der Waals surface area (Å²) in [6.07, 6.45) is 11.5. The molecule has 0 aromatic rings. The van der Waals surface area contributed by atoms with Crippen molar-refractivity contribution in [1.29, 1.82) is 0 Å². The average molecular weight is 211 g/mol. The summed E-state index contributed by atoms with van der Waals surface area (Å²) in [5.41, 5.74) is 6.35. The number of hydrogen-bond donors (Lipinski definition) is 1. The summed E-state index contributed by atoms with van der Waals surface area (Å²) in [5.74, 6) is 0. The Morgan fingerprint density at radius 2 is 2.13 bits per heavy atom. The van der Waals surface area contributed by atoms with Crippen molar-refractivity contribution in [3.8, 4) is 0 Å². The number of ether oxygens (including phenoxy) is 1. The smallest absolute Gasteiger partial charge is 0.0649 e. The van der Waals surface area contributed by atoms with Gasteiger partial charge < -0.3 is 10.5 Å². The van der Waals surface area contributed by atoms with E-state index in [0.29, 0.717) is 17.6 Å². The zero-order chi connectivity index (χ0) is 10.7. The summed E-state index contributed by atoms with van der Waals surface area (Å²) in [7, 11) is 0. The highest BCUT2D eigenvalue weighted by Gasteiger charge is 2.50. The average Bonchev–Trinajstić information content (AvgIpc) is 2.85. The molecule has 0 amide bonds. The predicted molar refractivity (Wildman–Crippen MR) is 62.8 cm³/mol. The van der Waals surface area contributed by atoms with Crippen LogP contribution in [0, 0.1) is 5.41 Å². The van der Waals surface area contributed by atoms with Crippen molar-refractivity contribution >= 4 is 0 Å². The second-order valence-electron chi connectivity index (χ2n) is 5.41. The Hall–Kier alpha value is -0.0800. The van der Waals surface area contributed by atoms with Crippen LogP contribution in [0.4, 0.5) is 0 Å². The van der Waals surface area contributed by atoms with Gasteiger partial charge in [0, 0.05) is 12.0 Å². The van der Waals surface area contributed by atoms with Gasteiger partial charge in [-0.25, -0.2) is 0 Å². The number of hydrogen-bond acceptors (Lipinski definition) is 2. The van der Waals surface area contributed by atoms with Crippen LogP contribution in [0.15, 0.2) is 0 Å². The lowest BCUT2D eigenvalue weighted by molar-refractivity contribution is 0.0587. The van der Waals surface area contributed by atoms with Gasteiger partial charge in [-0.05, 0) is 25.7 Å². The van der Waals surface area contributed by atoms with Crippen LogP contribution in [0.1, 0.15) is 58.3 Å². The lowest BCUT2D eigenvalue weighted by atomic mass is 9.71. The number of unbranched alkanes of at least 4 members (excludes halogenated alkanes) is 3. The lowest BCUT2D eigenvalue weighted by Gasteiger charge is -2.34. The van der Waals surface area contributed by atoms with Gasteiger partial charge in [-0.2, -0.15) is 0 Å². The molecule has 0 saturated carbocycles. The van der Waals surface area contributed by atoms with Gasteiger partial charge in [-0.1, -0.05) is 32.6 Å². The third-order valence-electron chi connectivity index (χ3n) is 4.36. The Kier molecular flexibility index (Phi) is 3.68. The summed E-state index contributed by atoms with van der Waals surface area (Å²) in [5, 5.41) is 0. The summed E-state index contributed by atoms with van der Waals surface area (Å²) in [4.78, 5) is 0. The van der Waals surface area contributed by atoms with Gasteiger partial charge in [0.25, 0.3) is 0 Å². The maximum Gasteiger partial charge on any atom is 0.0649 e. The molecule has 0 radical (unpaired) electrons. The first-order valence-corrected chi connectivity index (χ1v) is 6.66. The van der Waals surface area contributed by atoms with Crippen LogP contribution in [-0.4, -0.2) is 18.8 Å². The zero-order valence-electron chi connectivity index (χ0n) is 10.0. The van der Waals surface area contributed by atoms with Crippen molar-refractivity contribution in [3.63, 3.8) is 0 Å². The van der Waals surface area contributed by atoms with Crippen molar-refractivity contribution in [2.45, 2.75) is 70.5 Å². The fourth-order valence-electron chi connectivity index (χ4n) is 3.37. The highest BCUT2D eigenvalue weighted by atomic mass is 16.5. The Balaban J connectivity index is 1.81. The minimum Gasteiger partial charge on any atom is -0.374 e. The molecule has 88 valence electrons. The van der Waals surface area contributed by atoms with Crippen molar-refractivity contribution < 1.29 is 4.74 Å². The van der Waals surface area contributed by atoms with Crippen LogP contribution >= 0.6 is 0 Å². The maximum absolute atomic E-state index is 5.99. The van der Waals surface area contributed by atoms with E-state index in [2.05, 4.69) is 6.92 Å². The third kappa shape index (κ3) is 2.21. The van der Waals surface area contributed by atoms with E-state index < -0.39 is 0 Å². The third-order valence-corrected chi connectivity index (χ3v) is 4.36. The van der Waals surface area contributed by atoms with Crippen LogP contribution < -0.4 is 5.73 Å². The number of rotatable bonds is 6. The van der Waals surface area contributed by atoms with Crippen LogP contribution in [0.5, 0.6) is 0 Å². The summed E-state index contributed by atoms with van der Waals surface area (Å²) < 4.78 is 5.96. The van der Waals surface area contributed by atoms with Gasteiger partial charge in [0.1, 0.15) is 0 Å². The van der Waals surface area contributed by atoms with Gasteiger partial charge in [0.2, 0.25) is 0 Å². The molecule has 2 fully saturated rings. The first-order valence-electron chi connectivity index (χ1n) is 6.66. The summed E-state index contributed by atoms with van der Waals surface area (Å²) >= 11 is 0. The van der Waals surface area contributed by atoms with E-state index >= 15 is 0 Å². The molecule has 0 aromatic heterocycles. The Morgan fingerprint density at radius 3 is 2.67 bits per heavy atom. The first-order chi connectivity index (χ1) is 7.30. The van der Waals surface area contributed by atoms with E-state index in [1.54, 1.807) is 0 Å². The maximum atomic E-state index is 5.99. The van der Waals surface area contributed by atoms with Gasteiger partial charge >= 0.3 is 0 Å². The standard InChI is InChI=1S/C13H25NO/c1-2-3-4-5-8-13(10-14)9-11-6-7-12(13)15-11/h11-12H,2-10,14H2,1H3. The minimum absolute atomic E-state index is 0.358. The molecule has 2 saturated heterocycles. The summed E-state index contributed by atoms with van der Waals surface area (Å²) in [6, 6.07) is 0. The topological polar surface area (TPSA) is 35.2 Å². The molecule has 2 rings (SSSR count). The van der Waals surface area contributed by atoms with Crippen molar-refractivity contribution in [3.05, 3.63) is 0 Å². The molecule has 2 bridgehead atoms. The quantitative estimate of drug-likeness (QED) is 0.686. The highest BCUT2D eigenvalue weighted by Crippen LogP contribution is 2.49. The van der Waals surface area contributed by atoms with E-state index in [1.165, 1.54) is 51.4 Å². The van der Waals surface area contributed by atoms with Crippen LogP contribution in [0.2, 0.25) is 0 Å². The van der Waals surface area contributed by atoms with E-state index in [1.807, 2.05) is 0 Å². The highest BCUT2D eigenvalue weighted by molar-refractivity contribution is 5.00. The molecule has 2 heteroatoms. The molecule has 0 aliphatic carbocycles. The van der Waals surface area contributed by atoms with E-state index in [0.717, 1.165) is 6.54 Å². The Morgan fingerprint density at radius 1 is 1.27 bits per heavy atom. The largest absolute Gasteiger partial charge is 0.374 e. The van der Waals surface area contributed by atoms with Crippen molar-refractivity contribution in [1.82, 2.24) is 0 Å². The SMILES string of the molecule is CCCCCCC1(CN)CC2CCC1O2. The van der Waals surface area contributed by atoms with Crippen LogP contribution in [0.3, 0.4) is 0 Å². The molecule has 0 spiro atoms. The Bertz CT molecular complexity index is 207. The molecule has 2 aliphatic heterocycles. The van der Waals surface area contributed by atoms with Crippen molar-refractivity contribution in [2.24, 2.45) is 11.1 Å². The molecule has 2 heterocycles. The molecule has 2 aliphatic rings. The normalized spacial score (nSPS) is 38.8. The molecule has 0 aromatic carbocycles. The van der Waals surface area contributed by atoms with Gasteiger partial charge in [-0.3, -0.25) is 0 Å². The lowest BCUT2D eigenvalue weighted by Crippen LogP contribution is -2.39. The van der Waals surface area contributed by atoms with E-state index in [9.17, 15) is 0 Å². The fraction of sp³-hybridized carbons (Fsp3) is 1.00. The molecule has 3 atom stereocenters. The first kappa shape index (κ1) is 11.4. The molecule has 2 N–H and O–H groups in total. The van der Waals surface area contributed by atoms with Gasteiger partial charge in [0.05, 0.1) is 12.2 Å². The van der Waals surface area contributed by atoms with Crippen molar-refractivity contribution in [2.75, 3.05) is 6.54 Å². The van der Waals surface area contributed by atoms with Gasteiger partial charge in [0.15, 0.2) is 0 Å². The number of nitrogens with two attached hydrogens (primary N) is 1. The van der Waals surface area contributed by atoms with E-state index in [-0.39, 0.29) is 0 Å². The fourth-order valence-corrected chi connectivity index (χ4v) is 3.37. The monoisotopic (exact) mass is 211 g/mol. The predicted octanol–water partition coefficient (Wildman–Crippen LogP) is 2.85. The minimum atomic E-state index is 0.358.